The molecule has 1 heterocycles. The normalized spacial score (nSPS) is 18.2. The third-order valence-electron chi connectivity index (χ3n) is 4.17. The maximum atomic E-state index is 11.8. The summed E-state index contributed by atoms with van der Waals surface area (Å²) >= 11 is 0. The number of hydrogen-bond acceptors (Lipinski definition) is 3. The molecule has 0 saturated carbocycles. The Morgan fingerprint density at radius 3 is 3.05 bits per heavy atom. The zero-order chi connectivity index (χ0) is 15.8. The lowest BCUT2D eigenvalue weighted by Gasteiger charge is -2.22. The van der Waals surface area contributed by atoms with Crippen LogP contribution in [-0.4, -0.2) is 32.1 Å². The maximum absolute atomic E-state index is 11.8. The Hall–Kier alpha value is -1.55. The fourth-order valence-electron chi connectivity index (χ4n) is 2.75. The summed E-state index contributed by atoms with van der Waals surface area (Å²) in [5, 5.41) is 6.34. The Kier molecular flexibility index (Phi) is 6.72. The average molecular weight is 304 g/mol. The number of hydrogen-bond donors (Lipinski definition) is 2. The molecular weight excluding hydrogens is 276 g/mol. The molecule has 0 bridgehead atoms. The van der Waals surface area contributed by atoms with Gasteiger partial charge in [0.25, 0.3) is 5.91 Å². The molecule has 1 fully saturated rings. The summed E-state index contributed by atoms with van der Waals surface area (Å²) in [7, 11) is 0. The fraction of sp³-hybridized carbons (Fsp3) is 0.611. The van der Waals surface area contributed by atoms with Crippen molar-refractivity contribution >= 4 is 5.91 Å². The highest BCUT2D eigenvalue weighted by atomic mass is 16.5. The molecule has 1 unspecified atom stereocenters. The minimum Gasteiger partial charge on any atom is -0.484 e. The van der Waals surface area contributed by atoms with Crippen LogP contribution in [0.2, 0.25) is 0 Å². The van der Waals surface area contributed by atoms with Crippen molar-refractivity contribution < 1.29 is 9.53 Å². The zero-order valence-electron chi connectivity index (χ0n) is 13.7. The van der Waals surface area contributed by atoms with Crippen LogP contribution in [0.15, 0.2) is 24.3 Å². The van der Waals surface area contributed by atoms with Crippen molar-refractivity contribution in [3.63, 3.8) is 0 Å². The molecule has 1 saturated heterocycles. The second-order valence-corrected chi connectivity index (χ2v) is 6.37. The van der Waals surface area contributed by atoms with E-state index in [0.29, 0.717) is 11.8 Å². The lowest BCUT2D eigenvalue weighted by Crippen LogP contribution is -2.34. The van der Waals surface area contributed by atoms with Crippen molar-refractivity contribution in [3.05, 3.63) is 29.8 Å². The first kappa shape index (κ1) is 16.8. The highest BCUT2D eigenvalue weighted by Gasteiger charge is 2.13. The topological polar surface area (TPSA) is 50.4 Å². The van der Waals surface area contributed by atoms with Crippen molar-refractivity contribution in [3.8, 4) is 5.75 Å². The fourth-order valence-corrected chi connectivity index (χ4v) is 2.75. The predicted molar refractivity (Wildman–Crippen MR) is 89.2 cm³/mol. The SMILES string of the molecule is CC(C)c1cccc(OCC(=O)NCCC2CCCNC2)c1. The van der Waals surface area contributed by atoms with Gasteiger partial charge in [0.2, 0.25) is 0 Å². The molecule has 1 atom stereocenters. The van der Waals surface area contributed by atoms with E-state index in [0.717, 1.165) is 31.8 Å². The molecule has 1 amide bonds. The van der Waals surface area contributed by atoms with Crippen LogP contribution in [0.25, 0.3) is 0 Å². The van der Waals surface area contributed by atoms with Gasteiger partial charge in [0.15, 0.2) is 6.61 Å². The third kappa shape index (κ3) is 5.68. The Morgan fingerprint density at radius 1 is 1.45 bits per heavy atom. The number of benzene rings is 1. The van der Waals surface area contributed by atoms with Crippen LogP contribution in [0, 0.1) is 5.92 Å². The predicted octanol–water partition coefficient (Wildman–Crippen LogP) is 2.69. The molecule has 22 heavy (non-hydrogen) atoms. The number of piperidine rings is 1. The molecule has 1 aromatic rings. The van der Waals surface area contributed by atoms with Crippen molar-refractivity contribution in [2.75, 3.05) is 26.2 Å². The van der Waals surface area contributed by atoms with E-state index >= 15 is 0 Å². The van der Waals surface area contributed by atoms with Gasteiger partial charge in [0, 0.05) is 6.54 Å². The molecule has 0 spiro atoms. The lowest BCUT2D eigenvalue weighted by atomic mass is 9.96. The number of rotatable bonds is 7. The van der Waals surface area contributed by atoms with Crippen molar-refractivity contribution in [1.29, 1.82) is 0 Å². The molecular formula is C18H28N2O2. The van der Waals surface area contributed by atoms with Gasteiger partial charge in [-0.15, -0.1) is 0 Å². The first-order chi connectivity index (χ1) is 10.6. The smallest absolute Gasteiger partial charge is 0.257 e. The van der Waals surface area contributed by atoms with Gasteiger partial charge in [-0.2, -0.15) is 0 Å². The summed E-state index contributed by atoms with van der Waals surface area (Å²) in [6.45, 7) is 7.32. The molecule has 4 heteroatoms. The highest BCUT2D eigenvalue weighted by Crippen LogP contribution is 2.20. The van der Waals surface area contributed by atoms with Gasteiger partial charge in [0.1, 0.15) is 5.75 Å². The molecule has 1 aromatic carbocycles. The largest absolute Gasteiger partial charge is 0.484 e. The minimum atomic E-state index is -0.0429. The van der Waals surface area contributed by atoms with Gasteiger partial charge in [0.05, 0.1) is 0 Å². The summed E-state index contributed by atoms with van der Waals surface area (Å²) in [6.07, 6.45) is 3.55. The summed E-state index contributed by atoms with van der Waals surface area (Å²) in [5.74, 6) is 1.87. The van der Waals surface area contributed by atoms with E-state index in [1.54, 1.807) is 0 Å². The van der Waals surface area contributed by atoms with E-state index in [9.17, 15) is 4.79 Å². The van der Waals surface area contributed by atoms with Crippen LogP contribution in [0.4, 0.5) is 0 Å². The van der Waals surface area contributed by atoms with Crippen LogP contribution < -0.4 is 15.4 Å². The molecule has 1 aliphatic rings. The van der Waals surface area contributed by atoms with Crippen LogP contribution in [0.5, 0.6) is 5.75 Å². The molecule has 1 aliphatic heterocycles. The standard InChI is InChI=1S/C18H28N2O2/c1-14(2)16-6-3-7-17(11-16)22-13-18(21)20-10-8-15-5-4-9-19-12-15/h3,6-7,11,14-15,19H,4-5,8-10,12-13H2,1-2H3,(H,20,21). The maximum Gasteiger partial charge on any atom is 0.257 e. The van der Waals surface area contributed by atoms with Gasteiger partial charge in [-0.3, -0.25) is 4.79 Å². The Labute approximate surface area is 133 Å². The summed E-state index contributed by atoms with van der Waals surface area (Å²) in [4.78, 5) is 11.8. The summed E-state index contributed by atoms with van der Waals surface area (Å²) in [5.41, 5.74) is 1.22. The van der Waals surface area contributed by atoms with Crippen LogP contribution in [-0.2, 0) is 4.79 Å². The summed E-state index contributed by atoms with van der Waals surface area (Å²) < 4.78 is 5.58. The van der Waals surface area contributed by atoms with Crippen LogP contribution >= 0.6 is 0 Å². The molecule has 122 valence electrons. The summed E-state index contributed by atoms with van der Waals surface area (Å²) in [6, 6.07) is 7.95. The van der Waals surface area contributed by atoms with E-state index in [2.05, 4.69) is 30.5 Å². The number of carbonyl (C=O) groups excluding carboxylic acids is 1. The number of amides is 1. The zero-order valence-corrected chi connectivity index (χ0v) is 13.7. The van der Waals surface area contributed by atoms with Crippen molar-refractivity contribution in [2.45, 2.75) is 39.0 Å². The minimum absolute atomic E-state index is 0.0429. The van der Waals surface area contributed by atoms with Gasteiger partial charge >= 0.3 is 0 Å². The van der Waals surface area contributed by atoms with Gasteiger partial charge in [-0.1, -0.05) is 26.0 Å². The molecule has 2 rings (SSSR count). The van der Waals surface area contributed by atoms with Gasteiger partial charge in [-0.25, -0.2) is 0 Å². The van der Waals surface area contributed by atoms with E-state index in [1.807, 2.05) is 18.2 Å². The Morgan fingerprint density at radius 2 is 2.32 bits per heavy atom. The molecule has 0 radical (unpaired) electrons. The van der Waals surface area contributed by atoms with Gasteiger partial charge < -0.3 is 15.4 Å². The second kappa shape index (κ2) is 8.79. The number of carbonyl (C=O) groups is 1. The van der Waals surface area contributed by atoms with Crippen LogP contribution in [0.3, 0.4) is 0 Å². The highest BCUT2D eigenvalue weighted by molar-refractivity contribution is 5.77. The van der Waals surface area contributed by atoms with E-state index in [-0.39, 0.29) is 12.5 Å². The monoisotopic (exact) mass is 304 g/mol. The quantitative estimate of drug-likeness (QED) is 0.814. The molecule has 0 aromatic heterocycles. The first-order valence-corrected chi connectivity index (χ1v) is 8.35. The lowest BCUT2D eigenvalue weighted by molar-refractivity contribution is -0.123. The van der Waals surface area contributed by atoms with Crippen molar-refractivity contribution in [1.82, 2.24) is 10.6 Å². The molecule has 4 nitrogen and oxygen atoms in total. The van der Waals surface area contributed by atoms with E-state index in [1.165, 1.54) is 18.4 Å². The molecule has 0 aliphatic carbocycles. The number of nitrogens with one attached hydrogen (secondary N) is 2. The second-order valence-electron chi connectivity index (χ2n) is 6.37. The average Bonchev–Trinajstić information content (AvgIpc) is 2.54. The first-order valence-electron chi connectivity index (χ1n) is 8.35. The third-order valence-corrected chi connectivity index (χ3v) is 4.17. The number of ether oxygens (including phenoxy) is 1. The van der Waals surface area contributed by atoms with Gasteiger partial charge in [-0.05, 0) is 61.9 Å². The Balaban J connectivity index is 1.65. The van der Waals surface area contributed by atoms with E-state index in [4.69, 9.17) is 4.74 Å². The molecule has 2 N–H and O–H groups in total. The van der Waals surface area contributed by atoms with Crippen LogP contribution in [0.1, 0.15) is 44.6 Å². The Bertz CT molecular complexity index is 468. The van der Waals surface area contributed by atoms with E-state index < -0.39 is 0 Å². The van der Waals surface area contributed by atoms with Crippen molar-refractivity contribution in [2.24, 2.45) is 5.92 Å².